The van der Waals surface area contributed by atoms with Crippen molar-refractivity contribution in [2.24, 2.45) is 5.73 Å². The normalized spacial score (nSPS) is 15.6. The molecule has 0 radical (unpaired) electrons. The molecule has 0 aromatic carbocycles. The zero-order valence-electron chi connectivity index (χ0n) is 10.3. The molecule has 0 saturated heterocycles. The molecule has 3 heterocycles. The number of thiophene rings is 1. The summed E-state index contributed by atoms with van der Waals surface area (Å²) in [6.45, 7) is 3.72. The van der Waals surface area contributed by atoms with Gasteiger partial charge in [0.1, 0.15) is 0 Å². The number of pyridine rings is 1. The molecular formula is C14H17N3S. The molecule has 0 fully saturated rings. The fraction of sp³-hybridized carbons (Fsp3) is 0.357. The third kappa shape index (κ3) is 2.46. The summed E-state index contributed by atoms with van der Waals surface area (Å²) in [5, 5.41) is 2.20. The van der Waals surface area contributed by atoms with E-state index in [-0.39, 0.29) is 0 Å². The molecule has 0 aliphatic carbocycles. The van der Waals surface area contributed by atoms with E-state index in [9.17, 15) is 0 Å². The molecule has 0 atom stereocenters. The summed E-state index contributed by atoms with van der Waals surface area (Å²) in [4.78, 5) is 8.29. The third-order valence-corrected chi connectivity index (χ3v) is 4.41. The molecule has 0 saturated carbocycles. The van der Waals surface area contributed by atoms with Crippen LogP contribution < -0.4 is 5.73 Å². The van der Waals surface area contributed by atoms with Crippen LogP contribution in [0.4, 0.5) is 0 Å². The smallest absolute Gasteiger partial charge is 0.0542 e. The average Bonchev–Trinajstić information content (AvgIpc) is 2.86. The van der Waals surface area contributed by atoms with Gasteiger partial charge in [-0.1, -0.05) is 0 Å². The summed E-state index contributed by atoms with van der Waals surface area (Å²) in [5.74, 6) is 0. The second kappa shape index (κ2) is 5.18. The number of hydrogen-bond acceptors (Lipinski definition) is 4. The first-order chi connectivity index (χ1) is 8.85. The predicted molar refractivity (Wildman–Crippen MR) is 74.3 cm³/mol. The van der Waals surface area contributed by atoms with Gasteiger partial charge >= 0.3 is 0 Å². The molecule has 3 rings (SSSR count). The van der Waals surface area contributed by atoms with Crippen LogP contribution in [0, 0.1) is 0 Å². The summed E-state index contributed by atoms with van der Waals surface area (Å²) in [6.07, 6.45) is 3.04. The molecule has 4 heteroatoms. The molecule has 2 N–H and O–H groups in total. The summed E-state index contributed by atoms with van der Waals surface area (Å²) >= 11 is 1.89. The number of nitrogens with zero attached hydrogens (tertiary/aromatic N) is 2. The highest BCUT2D eigenvalue weighted by molar-refractivity contribution is 7.10. The SMILES string of the molecule is NCc1cc(CN2CCc3sccc3C2)ccn1. The van der Waals surface area contributed by atoms with Crippen LogP contribution in [0.3, 0.4) is 0 Å². The third-order valence-electron chi connectivity index (χ3n) is 3.38. The first kappa shape index (κ1) is 11.8. The molecule has 0 amide bonds. The first-order valence-corrected chi connectivity index (χ1v) is 7.14. The molecule has 94 valence electrons. The van der Waals surface area contributed by atoms with Gasteiger partial charge in [0, 0.05) is 37.3 Å². The van der Waals surface area contributed by atoms with E-state index in [1.165, 1.54) is 17.5 Å². The molecule has 0 spiro atoms. The lowest BCUT2D eigenvalue weighted by molar-refractivity contribution is 0.247. The lowest BCUT2D eigenvalue weighted by atomic mass is 10.1. The monoisotopic (exact) mass is 259 g/mol. The Bertz CT molecular complexity index is 535. The van der Waals surface area contributed by atoms with Crippen molar-refractivity contribution in [3.05, 3.63) is 51.5 Å². The quantitative estimate of drug-likeness (QED) is 0.918. The van der Waals surface area contributed by atoms with E-state index in [1.807, 2.05) is 17.5 Å². The Morgan fingerprint density at radius 2 is 2.33 bits per heavy atom. The minimum atomic E-state index is 0.516. The minimum absolute atomic E-state index is 0.516. The van der Waals surface area contributed by atoms with Gasteiger partial charge in [-0.05, 0) is 41.1 Å². The zero-order chi connectivity index (χ0) is 12.4. The van der Waals surface area contributed by atoms with Crippen LogP contribution in [0.5, 0.6) is 0 Å². The van der Waals surface area contributed by atoms with Crippen molar-refractivity contribution in [1.82, 2.24) is 9.88 Å². The first-order valence-electron chi connectivity index (χ1n) is 6.26. The van der Waals surface area contributed by atoms with Crippen molar-refractivity contribution in [3.63, 3.8) is 0 Å². The highest BCUT2D eigenvalue weighted by Gasteiger charge is 2.17. The van der Waals surface area contributed by atoms with Crippen LogP contribution in [0.25, 0.3) is 0 Å². The van der Waals surface area contributed by atoms with Crippen LogP contribution in [-0.4, -0.2) is 16.4 Å². The number of fused-ring (bicyclic) bond motifs is 1. The van der Waals surface area contributed by atoms with Crippen molar-refractivity contribution in [2.75, 3.05) is 6.54 Å². The summed E-state index contributed by atoms with van der Waals surface area (Å²) in [7, 11) is 0. The van der Waals surface area contributed by atoms with E-state index in [2.05, 4.69) is 33.5 Å². The summed E-state index contributed by atoms with van der Waals surface area (Å²) in [5.41, 5.74) is 9.41. The number of hydrogen-bond donors (Lipinski definition) is 1. The van der Waals surface area contributed by atoms with Gasteiger partial charge in [0.2, 0.25) is 0 Å². The second-order valence-corrected chi connectivity index (χ2v) is 5.69. The standard InChI is InChI=1S/C14H17N3S/c15-8-13-7-11(1-4-16-13)9-17-5-2-14-12(10-17)3-6-18-14/h1,3-4,6-7H,2,5,8-10,15H2. The molecule has 0 bridgehead atoms. The van der Waals surface area contributed by atoms with Gasteiger partial charge in [-0.15, -0.1) is 11.3 Å². The minimum Gasteiger partial charge on any atom is -0.325 e. The van der Waals surface area contributed by atoms with E-state index in [1.54, 1.807) is 4.88 Å². The van der Waals surface area contributed by atoms with Gasteiger partial charge in [0.15, 0.2) is 0 Å². The Balaban J connectivity index is 1.70. The van der Waals surface area contributed by atoms with Crippen LogP contribution >= 0.6 is 11.3 Å². The van der Waals surface area contributed by atoms with Gasteiger partial charge in [0.25, 0.3) is 0 Å². The highest BCUT2D eigenvalue weighted by Crippen LogP contribution is 2.24. The molecule has 2 aromatic heterocycles. The van der Waals surface area contributed by atoms with Gasteiger partial charge in [-0.25, -0.2) is 0 Å². The maximum absolute atomic E-state index is 5.63. The van der Waals surface area contributed by atoms with Gasteiger partial charge < -0.3 is 5.73 Å². The fourth-order valence-electron chi connectivity index (χ4n) is 2.44. The van der Waals surface area contributed by atoms with Crippen LogP contribution in [0.2, 0.25) is 0 Å². The molecule has 0 unspecified atom stereocenters. The maximum Gasteiger partial charge on any atom is 0.0542 e. The molecule has 1 aliphatic rings. The topological polar surface area (TPSA) is 42.1 Å². The fourth-order valence-corrected chi connectivity index (χ4v) is 3.33. The molecule has 3 nitrogen and oxygen atoms in total. The largest absolute Gasteiger partial charge is 0.325 e. The number of aromatic nitrogens is 1. The van der Waals surface area contributed by atoms with Crippen molar-refractivity contribution in [3.8, 4) is 0 Å². The Labute approximate surface area is 111 Å². The van der Waals surface area contributed by atoms with E-state index >= 15 is 0 Å². The second-order valence-electron chi connectivity index (χ2n) is 4.69. The molecule has 18 heavy (non-hydrogen) atoms. The van der Waals surface area contributed by atoms with Gasteiger partial charge in [-0.3, -0.25) is 9.88 Å². The number of nitrogens with two attached hydrogens (primary N) is 1. The summed E-state index contributed by atoms with van der Waals surface area (Å²) < 4.78 is 0. The molecule has 1 aliphatic heterocycles. The zero-order valence-corrected chi connectivity index (χ0v) is 11.1. The van der Waals surface area contributed by atoms with E-state index < -0.39 is 0 Å². The van der Waals surface area contributed by atoms with Crippen LogP contribution in [-0.2, 0) is 26.1 Å². The Morgan fingerprint density at radius 3 is 3.22 bits per heavy atom. The van der Waals surface area contributed by atoms with Crippen molar-refractivity contribution in [2.45, 2.75) is 26.1 Å². The lowest BCUT2D eigenvalue weighted by Crippen LogP contribution is -2.29. The average molecular weight is 259 g/mol. The van der Waals surface area contributed by atoms with Gasteiger partial charge in [0.05, 0.1) is 5.69 Å². The maximum atomic E-state index is 5.63. The van der Waals surface area contributed by atoms with Crippen molar-refractivity contribution >= 4 is 11.3 Å². The highest BCUT2D eigenvalue weighted by atomic mass is 32.1. The van der Waals surface area contributed by atoms with Crippen LogP contribution in [0.1, 0.15) is 21.7 Å². The predicted octanol–water partition coefficient (Wildman–Crippen LogP) is 2.16. The Kier molecular flexibility index (Phi) is 3.41. The van der Waals surface area contributed by atoms with Crippen molar-refractivity contribution < 1.29 is 0 Å². The van der Waals surface area contributed by atoms with Crippen molar-refractivity contribution in [1.29, 1.82) is 0 Å². The molecule has 2 aromatic rings. The van der Waals surface area contributed by atoms with E-state index in [4.69, 9.17) is 5.73 Å². The van der Waals surface area contributed by atoms with E-state index in [0.29, 0.717) is 6.54 Å². The summed E-state index contributed by atoms with van der Waals surface area (Å²) in [6, 6.07) is 6.45. The lowest BCUT2D eigenvalue weighted by Gasteiger charge is -2.26. The van der Waals surface area contributed by atoms with Crippen LogP contribution in [0.15, 0.2) is 29.8 Å². The Morgan fingerprint density at radius 1 is 1.39 bits per heavy atom. The van der Waals surface area contributed by atoms with E-state index in [0.717, 1.165) is 25.3 Å². The molecular weight excluding hydrogens is 242 g/mol. The van der Waals surface area contributed by atoms with Gasteiger partial charge in [-0.2, -0.15) is 0 Å². The Hall–Kier alpha value is -1.23. The number of rotatable bonds is 3.